The highest BCUT2D eigenvalue weighted by molar-refractivity contribution is 5.33. The van der Waals surface area contributed by atoms with Crippen LogP contribution in [-0.4, -0.2) is 54.5 Å². The second-order valence-corrected chi connectivity index (χ2v) is 6.73. The lowest BCUT2D eigenvalue weighted by Gasteiger charge is -2.37. The number of anilines is 1. The van der Waals surface area contributed by atoms with Gasteiger partial charge in [0.25, 0.3) is 0 Å². The molecular weight excluding hydrogens is 373 g/mol. The maximum Gasteiger partial charge on any atom is 0.573 e. The van der Waals surface area contributed by atoms with Crippen molar-refractivity contribution in [3.8, 4) is 11.6 Å². The van der Waals surface area contributed by atoms with Gasteiger partial charge in [-0.3, -0.25) is 4.90 Å². The lowest BCUT2D eigenvalue weighted by molar-refractivity contribution is -0.274. The summed E-state index contributed by atoms with van der Waals surface area (Å²) in [6.45, 7) is 2.41. The van der Waals surface area contributed by atoms with Gasteiger partial charge in [0.05, 0.1) is 7.11 Å². The molecule has 0 spiro atoms. The summed E-state index contributed by atoms with van der Waals surface area (Å²) in [5, 5.41) is 0. The average molecular weight is 396 g/mol. The summed E-state index contributed by atoms with van der Waals surface area (Å²) < 4.78 is 45.9. The summed E-state index contributed by atoms with van der Waals surface area (Å²) in [5.41, 5.74) is 0.940. The van der Waals surface area contributed by atoms with Gasteiger partial charge in [-0.1, -0.05) is 12.1 Å². The van der Waals surface area contributed by atoms with Crippen molar-refractivity contribution in [1.82, 2.24) is 14.9 Å². The monoisotopic (exact) mass is 396 g/mol. The van der Waals surface area contributed by atoms with Crippen molar-refractivity contribution in [3.63, 3.8) is 0 Å². The highest BCUT2D eigenvalue weighted by Crippen LogP contribution is 2.24. The zero-order valence-electron chi connectivity index (χ0n) is 15.8. The Bertz CT molecular complexity index is 771. The van der Waals surface area contributed by atoms with Gasteiger partial charge in [-0.05, 0) is 37.1 Å². The molecule has 1 unspecified atom stereocenters. The van der Waals surface area contributed by atoms with Crippen LogP contribution in [-0.2, 0) is 6.54 Å². The number of benzene rings is 1. The van der Waals surface area contributed by atoms with E-state index in [9.17, 15) is 13.2 Å². The number of methoxy groups -OCH3 is 1. The molecule has 1 atom stereocenters. The zero-order valence-corrected chi connectivity index (χ0v) is 15.8. The fourth-order valence-corrected chi connectivity index (χ4v) is 3.32. The van der Waals surface area contributed by atoms with E-state index in [1.165, 1.54) is 12.1 Å². The van der Waals surface area contributed by atoms with Crippen LogP contribution in [0, 0.1) is 0 Å². The number of halogens is 3. The molecule has 0 saturated carbocycles. The number of aromatic nitrogens is 2. The molecule has 28 heavy (non-hydrogen) atoms. The maximum atomic E-state index is 12.3. The number of hydrogen-bond acceptors (Lipinski definition) is 6. The Morgan fingerprint density at radius 1 is 1.21 bits per heavy atom. The number of rotatable bonds is 6. The minimum atomic E-state index is -4.67. The predicted octanol–water partition coefficient (Wildman–Crippen LogP) is 3.48. The van der Waals surface area contributed by atoms with E-state index < -0.39 is 6.36 Å². The molecule has 0 amide bonds. The number of alkyl halides is 3. The quantitative estimate of drug-likeness (QED) is 0.745. The van der Waals surface area contributed by atoms with Crippen molar-refractivity contribution < 1.29 is 22.6 Å². The first-order chi connectivity index (χ1) is 13.3. The smallest absolute Gasteiger partial charge is 0.481 e. The zero-order chi connectivity index (χ0) is 20.1. The molecule has 2 aromatic rings. The first kappa shape index (κ1) is 20.2. The molecule has 2 heterocycles. The van der Waals surface area contributed by atoms with E-state index in [1.54, 1.807) is 31.5 Å². The molecule has 0 aliphatic carbocycles. The van der Waals surface area contributed by atoms with Crippen LogP contribution in [0.5, 0.6) is 11.6 Å². The maximum absolute atomic E-state index is 12.3. The van der Waals surface area contributed by atoms with Crippen molar-refractivity contribution in [2.75, 3.05) is 32.1 Å². The first-order valence-corrected chi connectivity index (χ1v) is 9.01. The predicted molar refractivity (Wildman–Crippen MR) is 98.4 cm³/mol. The van der Waals surface area contributed by atoms with Crippen LogP contribution in [0.4, 0.5) is 19.1 Å². The molecule has 1 aliphatic rings. The van der Waals surface area contributed by atoms with Gasteiger partial charge in [0.1, 0.15) is 5.75 Å². The summed E-state index contributed by atoms with van der Waals surface area (Å²) >= 11 is 0. The number of ether oxygens (including phenoxy) is 2. The van der Waals surface area contributed by atoms with E-state index >= 15 is 0 Å². The number of likely N-dealkylation sites (N-methyl/N-ethyl adjacent to an activating group) is 1. The van der Waals surface area contributed by atoms with Gasteiger partial charge >= 0.3 is 6.36 Å². The van der Waals surface area contributed by atoms with Crippen LogP contribution in [0.1, 0.15) is 18.4 Å². The molecule has 152 valence electrons. The molecule has 1 aromatic heterocycles. The lowest BCUT2D eigenvalue weighted by atomic mass is 10.0. The van der Waals surface area contributed by atoms with Crippen LogP contribution in [0.15, 0.2) is 36.5 Å². The van der Waals surface area contributed by atoms with Crippen LogP contribution < -0.4 is 14.4 Å². The van der Waals surface area contributed by atoms with Crippen LogP contribution in [0.3, 0.4) is 0 Å². The van der Waals surface area contributed by atoms with Crippen molar-refractivity contribution in [2.24, 2.45) is 0 Å². The largest absolute Gasteiger partial charge is 0.573 e. The second kappa shape index (κ2) is 8.64. The Kier molecular flexibility index (Phi) is 6.23. The van der Waals surface area contributed by atoms with Gasteiger partial charge in [0.2, 0.25) is 11.8 Å². The third-order valence-electron chi connectivity index (χ3n) is 4.73. The van der Waals surface area contributed by atoms with Crippen molar-refractivity contribution >= 4 is 5.95 Å². The van der Waals surface area contributed by atoms with Crippen molar-refractivity contribution in [1.29, 1.82) is 0 Å². The van der Waals surface area contributed by atoms with Crippen LogP contribution >= 0.6 is 0 Å². The molecule has 1 aliphatic heterocycles. The SMILES string of the molecule is COc1ccnc(N(C)C2CCCN(Cc3ccc(OC(F)(F)F)cc3)C2)n1. The van der Waals surface area contributed by atoms with E-state index in [1.807, 2.05) is 7.05 Å². The number of hydrogen-bond donors (Lipinski definition) is 0. The molecule has 9 heteroatoms. The fraction of sp³-hybridized carbons (Fsp3) is 0.474. The number of nitrogens with zero attached hydrogens (tertiary/aromatic N) is 4. The second-order valence-electron chi connectivity index (χ2n) is 6.73. The summed E-state index contributed by atoms with van der Waals surface area (Å²) in [7, 11) is 3.53. The number of piperidine rings is 1. The van der Waals surface area contributed by atoms with Gasteiger partial charge in [-0.15, -0.1) is 13.2 Å². The number of likely N-dealkylation sites (tertiary alicyclic amines) is 1. The molecule has 3 rings (SSSR count). The van der Waals surface area contributed by atoms with E-state index in [-0.39, 0.29) is 11.8 Å². The molecule has 0 bridgehead atoms. The standard InChI is InChI=1S/C19H23F3N4O2/c1-25(18-23-10-9-17(24-18)27-2)15-4-3-11-26(13-15)12-14-5-7-16(8-6-14)28-19(20,21)22/h5-10,15H,3-4,11-13H2,1-2H3. The van der Waals surface area contributed by atoms with E-state index in [4.69, 9.17) is 4.74 Å². The Morgan fingerprint density at radius 2 is 1.96 bits per heavy atom. The Morgan fingerprint density at radius 3 is 2.64 bits per heavy atom. The van der Waals surface area contributed by atoms with Crippen molar-refractivity contribution in [2.45, 2.75) is 31.8 Å². The summed E-state index contributed by atoms with van der Waals surface area (Å²) in [6.07, 6.45) is -0.961. The molecule has 0 N–H and O–H groups in total. The molecule has 6 nitrogen and oxygen atoms in total. The van der Waals surface area contributed by atoms with Crippen molar-refractivity contribution in [3.05, 3.63) is 42.1 Å². The third kappa shape index (κ3) is 5.48. The highest BCUT2D eigenvalue weighted by Gasteiger charge is 2.31. The Labute approximate surface area is 161 Å². The fourth-order valence-electron chi connectivity index (χ4n) is 3.32. The van der Waals surface area contributed by atoms with E-state index in [0.717, 1.165) is 31.5 Å². The summed E-state index contributed by atoms with van der Waals surface area (Å²) in [5.74, 6) is 0.924. The first-order valence-electron chi connectivity index (χ1n) is 9.01. The van der Waals surface area contributed by atoms with Gasteiger partial charge < -0.3 is 14.4 Å². The highest BCUT2D eigenvalue weighted by atomic mass is 19.4. The van der Waals surface area contributed by atoms with Crippen LogP contribution in [0.2, 0.25) is 0 Å². The third-order valence-corrected chi connectivity index (χ3v) is 4.73. The van der Waals surface area contributed by atoms with Gasteiger partial charge in [0.15, 0.2) is 0 Å². The minimum absolute atomic E-state index is 0.206. The van der Waals surface area contributed by atoms with E-state index in [2.05, 4.69) is 24.5 Å². The molecule has 1 saturated heterocycles. The minimum Gasteiger partial charge on any atom is -0.481 e. The lowest BCUT2D eigenvalue weighted by Crippen LogP contribution is -2.46. The van der Waals surface area contributed by atoms with Gasteiger partial charge in [-0.25, -0.2) is 4.98 Å². The normalized spacial score (nSPS) is 18.0. The van der Waals surface area contributed by atoms with E-state index in [0.29, 0.717) is 18.4 Å². The molecule has 1 aromatic carbocycles. The topological polar surface area (TPSA) is 50.7 Å². The Balaban J connectivity index is 1.60. The molecule has 0 radical (unpaired) electrons. The average Bonchev–Trinajstić information content (AvgIpc) is 2.68. The van der Waals surface area contributed by atoms with Crippen LogP contribution in [0.25, 0.3) is 0 Å². The molecular formula is C19H23F3N4O2. The summed E-state index contributed by atoms with van der Waals surface area (Å²) in [6, 6.07) is 7.98. The van der Waals surface area contributed by atoms with Gasteiger partial charge in [0, 0.05) is 38.4 Å². The summed E-state index contributed by atoms with van der Waals surface area (Å²) in [4.78, 5) is 13.0. The van der Waals surface area contributed by atoms with Gasteiger partial charge in [-0.2, -0.15) is 4.98 Å². The molecule has 1 fully saturated rings. The Hall–Kier alpha value is -2.55.